The van der Waals surface area contributed by atoms with Crippen LogP contribution in [0.1, 0.15) is 43.7 Å². The first-order chi connectivity index (χ1) is 8.74. The van der Waals surface area contributed by atoms with Crippen LogP contribution in [0.4, 0.5) is 5.69 Å². The zero-order chi connectivity index (χ0) is 12.5. The molecule has 3 N–H and O–H groups in total. The number of hydrogen-bond donors (Lipinski definition) is 2. The summed E-state index contributed by atoms with van der Waals surface area (Å²) in [5.74, 6) is 0.737. The van der Waals surface area contributed by atoms with E-state index >= 15 is 0 Å². The fourth-order valence-electron chi connectivity index (χ4n) is 2.88. The van der Waals surface area contributed by atoms with Crippen LogP contribution < -0.4 is 5.73 Å². The van der Waals surface area contributed by atoms with Crippen molar-refractivity contribution in [3.63, 3.8) is 0 Å². The number of fused-ring (bicyclic) bond motifs is 1. The summed E-state index contributed by atoms with van der Waals surface area (Å²) in [6.45, 7) is 0. The van der Waals surface area contributed by atoms with Gasteiger partial charge in [-0.1, -0.05) is 19.3 Å². The Bertz CT molecular complexity index is 574. The number of rotatable bonds is 1. The average molecular weight is 242 g/mol. The predicted octanol–water partition coefficient (Wildman–Crippen LogP) is 3.57. The van der Waals surface area contributed by atoms with Crippen molar-refractivity contribution in [3.8, 4) is 5.75 Å². The van der Waals surface area contributed by atoms with Crippen molar-refractivity contribution >= 4 is 16.6 Å². The summed E-state index contributed by atoms with van der Waals surface area (Å²) in [6, 6.07) is 7.43. The first-order valence-corrected chi connectivity index (χ1v) is 6.63. The summed E-state index contributed by atoms with van der Waals surface area (Å²) in [5.41, 5.74) is 8.23. The van der Waals surface area contributed by atoms with E-state index in [0.717, 1.165) is 29.4 Å². The molecule has 0 unspecified atom stereocenters. The Kier molecular flexibility index (Phi) is 2.82. The molecule has 0 bridgehead atoms. The molecule has 0 spiro atoms. The molecule has 3 nitrogen and oxygen atoms in total. The van der Waals surface area contributed by atoms with Gasteiger partial charge in [-0.2, -0.15) is 0 Å². The number of benzene rings is 1. The normalized spacial score (nSPS) is 17.1. The van der Waals surface area contributed by atoms with Gasteiger partial charge in [-0.3, -0.25) is 0 Å². The summed E-state index contributed by atoms with van der Waals surface area (Å²) in [4.78, 5) is 4.63. The van der Waals surface area contributed by atoms with E-state index in [2.05, 4.69) is 4.98 Å². The van der Waals surface area contributed by atoms with Crippen LogP contribution >= 0.6 is 0 Å². The van der Waals surface area contributed by atoms with Crippen LogP contribution in [0.2, 0.25) is 0 Å². The zero-order valence-electron chi connectivity index (χ0n) is 10.4. The third-order valence-corrected chi connectivity index (χ3v) is 3.84. The van der Waals surface area contributed by atoms with Crippen LogP contribution in [0, 0.1) is 0 Å². The molecule has 1 saturated carbocycles. The zero-order valence-corrected chi connectivity index (χ0v) is 10.4. The highest BCUT2D eigenvalue weighted by molar-refractivity contribution is 5.83. The Hall–Kier alpha value is -1.77. The second kappa shape index (κ2) is 4.48. The van der Waals surface area contributed by atoms with Crippen molar-refractivity contribution in [3.05, 3.63) is 30.0 Å². The van der Waals surface area contributed by atoms with Crippen molar-refractivity contribution in [2.75, 3.05) is 5.73 Å². The van der Waals surface area contributed by atoms with Crippen molar-refractivity contribution in [2.45, 2.75) is 38.0 Å². The molecule has 3 heteroatoms. The van der Waals surface area contributed by atoms with Gasteiger partial charge in [0.15, 0.2) is 0 Å². The first-order valence-electron chi connectivity index (χ1n) is 6.63. The van der Waals surface area contributed by atoms with Gasteiger partial charge < -0.3 is 10.8 Å². The second-order valence-corrected chi connectivity index (χ2v) is 5.18. The van der Waals surface area contributed by atoms with E-state index in [9.17, 15) is 5.11 Å². The van der Waals surface area contributed by atoms with Crippen molar-refractivity contribution in [1.82, 2.24) is 4.98 Å². The standard InChI is InChI=1S/C15H18N2O/c16-12-6-7-13-11(8-12)9-14(18)15(17-13)10-4-2-1-3-5-10/h6-10,18H,1-5,16H2. The Morgan fingerprint density at radius 2 is 1.89 bits per heavy atom. The lowest BCUT2D eigenvalue weighted by molar-refractivity contribution is 0.407. The molecule has 0 aliphatic heterocycles. The molecule has 0 atom stereocenters. The number of nitrogens with zero attached hydrogens (tertiary/aromatic N) is 1. The van der Waals surface area contributed by atoms with Gasteiger partial charge >= 0.3 is 0 Å². The summed E-state index contributed by atoms with van der Waals surface area (Å²) >= 11 is 0. The van der Waals surface area contributed by atoms with Crippen LogP contribution in [0.5, 0.6) is 5.75 Å². The van der Waals surface area contributed by atoms with Gasteiger partial charge in [-0.15, -0.1) is 0 Å². The monoisotopic (exact) mass is 242 g/mol. The third kappa shape index (κ3) is 2.01. The molecular formula is C15H18N2O. The fraction of sp³-hybridized carbons (Fsp3) is 0.400. The van der Waals surface area contributed by atoms with E-state index in [4.69, 9.17) is 5.73 Å². The molecule has 18 heavy (non-hydrogen) atoms. The molecular weight excluding hydrogens is 224 g/mol. The van der Waals surface area contributed by atoms with Crippen LogP contribution in [-0.2, 0) is 0 Å². The number of hydrogen-bond acceptors (Lipinski definition) is 3. The summed E-state index contributed by atoms with van der Waals surface area (Å²) in [6.07, 6.45) is 6.07. The number of aromatic hydroxyl groups is 1. The maximum absolute atomic E-state index is 10.1. The van der Waals surface area contributed by atoms with Crippen LogP contribution in [0.3, 0.4) is 0 Å². The van der Waals surface area contributed by atoms with E-state index < -0.39 is 0 Å². The minimum absolute atomic E-state index is 0.319. The molecule has 1 heterocycles. The molecule has 0 amide bonds. The maximum atomic E-state index is 10.1. The number of anilines is 1. The fourth-order valence-corrected chi connectivity index (χ4v) is 2.88. The van der Waals surface area contributed by atoms with Crippen molar-refractivity contribution in [1.29, 1.82) is 0 Å². The van der Waals surface area contributed by atoms with Gasteiger partial charge in [0.05, 0.1) is 11.2 Å². The first kappa shape index (κ1) is 11.3. The maximum Gasteiger partial charge on any atom is 0.138 e. The highest BCUT2D eigenvalue weighted by Gasteiger charge is 2.20. The number of pyridine rings is 1. The lowest BCUT2D eigenvalue weighted by atomic mass is 9.86. The van der Waals surface area contributed by atoms with Gasteiger partial charge in [0.2, 0.25) is 0 Å². The van der Waals surface area contributed by atoms with Gasteiger partial charge in [0, 0.05) is 17.0 Å². The minimum atomic E-state index is 0.319. The van der Waals surface area contributed by atoms with Crippen LogP contribution in [0.15, 0.2) is 24.3 Å². The van der Waals surface area contributed by atoms with Crippen molar-refractivity contribution in [2.24, 2.45) is 0 Å². The topological polar surface area (TPSA) is 59.1 Å². The summed E-state index contributed by atoms with van der Waals surface area (Å²) in [5, 5.41) is 11.1. The summed E-state index contributed by atoms with van der Waals surface area (Å²) < 4.78 is 0. The number of aromatic nitrogens is 1. The number of nitrogens with two attached hydrogens (primary N) is 1. The van der Waals surface area contributed by atoms with E-state index in [-0.39, 0.29) is 0 Å². The lowest BCUT2D eigenvalue weighted by Gasteiger charge is -2.22. The highest BCUT2D eigenvalue weighted by atomic mass is 16.3. The predicted molar refractivity (Wildman–Crippen MR) is 73.6 cm³/mol. The van der Waals surface area contributed by atoms with E-state index in [1.54, 1.807) is 6.07 Å². The molecule has 94 valence electrons. The molecule has 3 rings (SSSR count). The molecule has 2 aromatic rings. The third-order valence-electron chi connectivity index (χ3n) is 3.84. The minimum Gasteiger partial charge on any atom is -0.506 e. The summed E-state index contributed by atoms with van der Waals surface area (Å²) in [7, 11) is 0. The molecule has 0 saturated heterocycles. The number of nitrogen functional groups attached to an aromatic ring is 1. The molecule has 1 aromatic carbocycles. The van der Waals surface area contributed by atoms with Crippen LogP contribution in [0.25, 0.3) is 10.9 Å². The van der Waals surface area contributed by atoms with Crippen molar-refractivity contribution < 1.29 is 5.11 Å². The Labute approximate surface area is 107 Å². The molecule has 1 aliphatic rings. The Balaban J connectivity index is 2.06. The molecule has 1 fully saturated rings. The highest BCUT2D eigenvalue weighted by Crippen LogP contribution is 2.37. The average Bonchev–Trinajstić information content (AvgIpc) is 2.39. The van der Waals surface area contributed by atoms with E-state index in [1.807, 2.05) is 18.2 Å². The van der Waals surface area contributed by atoms with E-state index in [0.29, 0.717) is 17.4 Å². The Morgan fingerprint density at radius 3 is 2.67 bits per heavy atom. The second-order valence-electron chi connectivity index (χ2n) is 5.18. The molecule has 1 aromatic heterocycles. The van der Waals surface area contributed by atoms with Crippen LogP contribution in [-0.4, -0.2) is 10.1 Å². The van der Waals surface area contributed by atoms with Gasteiger partial charge in [-0.25, -0.2) is 4.98 Å². The SMILES string of the molecule is Nc1ccc2nc(C3CCCCC3)c(O)cc2c1. The smallest absolute Gasteiger partial charge is 0.138 e. The van der Waals surface area contributed by atoms with Gasteiger partial charge in [-0.05, 0) is 37.1 Å². The lowest BCUT2D eigenvalue weighted by Crippen LogP contribution is -2.07. The largest absolute Gasteiger partial charge is 0.506 e. The molecule has 0 radical (unpaired) electrons. The van der Waals surface area contributed by atoms with Gasteiger partial charge in [0.1, 0.15) is 5.75 Å². The quantitative estimate of drug-likeness (QED) is 0.751. The Morgan fingerprint density at radius 1 is 1.11 bits per heavy atom. The molecule has 1 aliphatic carbocycles. The van der Waals surface area contributed by atoms with Gasteiger partial charge in [0.25, 0.3) is 0 Å². The van der Waals surface area contributed by atoms with E-state index in [1.165, 1.54) is 19.3 Å².